The molecular weight excluding hydrogens is 244 g/mol. The van der Waals surface area contributed by atoms with Crippen molar-refractivity contribution >= 4 is 34.1 Å². The molecular formula is C10H12N2O4S. The Labute approximate surface area is 102 Å². The van der Waals surface area contributed by atoms with Crippen LogP contribution in [0.3, 0.4) is 0 Å². The highest BCUT2D eigenvalue weighted by molar-refractivity contribution is 7.14. The van der Waals surface area contributed by atoms with Crippen LogP contribution in [0.5, 0.6) is 0 Å². The summed E-state index contributed by atoms with van der Waals surface area (Å²) < 4.78 is 4.64. The summed E-state index contributed by atoms with van der Waals surface area (Å²) in [5.74, 6) is -1.58. The van der Waals surface area contributed by atoms with Crippen molar-refractivity contribution in [1.82, 2.24) is 0 Å². The van der Waals surface area contributed by atoms with Crippen molar-refractivity contribution in [2.45, 2.75) is 13.3 Å². The molecule has 0 saturated heterocycles. The molecule has 2 amide bonds. The van der Waals surface area contributed by atoms with Crippen LogP contribution in [0.25, 0.3) is 0 Å². The minimum Gasteiger partial charge on any atom is -0.456 e. The molecule has 0 spiro atoms. The van der Waals surface area contributed by atoms with Crippen molar-refractivity contribution in [3.63, 3.8) is 0 Å². The Morgan fingerprint density at radius 2 is 2.18 bits per heavy atom. The first-order valence-corrected chi connectivity index (χ1v) is 5.75. The zero-order valence-corrected chi connectivity index (χ0v) is 10.0. The van der Waals surface area contributed by atoms with Crippen molar-refractivity contribution in [3.05, 3.63) is 17.0 Å². The number of ether oxygens (including phenoxy) is 1. The third-order valence-electron chi connectivity index (χ3n) is 1.84. The topological polar surface area (TPSA) is 98.5 Å². The average molecular weight is 256 g/mol. The molecule has 0 aliphatic heterocycles. The zero-order chi connectivity index (χ0) is 12.8. The number of carbonyl (C=O) groups is 3. The fraction of sp³-hybridized carbons (Fsp3) is 0.300. The number of esters is 1. The van der Waals surface area contributed by atoms with Crippen LogP contribution in [0.4, 0.5) is 5.00 Å². The summed E-state index contributed by atoms with van der Waals surface area (Å²) in [5, 5.41) is 4.44. The Balaban J connectivity index is 2.53. The smallest absolute Gasteiger partial charge is 0.306 e. The molecule has 92 valence electrons. The van der Waals surface area contributed by atoms with E-state index in [1.165, 1.54) is 17.4 Å². The molecule has 0 aromatic carbocycles. The number of hydrogen-bond donors (Lipinski definition) is 2. The standard InChI is InChI=1S/C10H12N2O4S/c1-2-8(14)16-5-7(13)12-10-6(9(11)15)3-4-17-10/h3-4H,2,5H2,1H3,(H2,11,15)(H,12,13). The van der Waals surface area contributed by atoms with Crippen LogP contribution in [0.2, 0.25) is 0 Å². The van der Waals surface area contributed by atoms with Crippen LogP contribution in [0.15, 0.2) is 11.4 Å². The van der Waals surface area contributed by atoms with E-state index < -0.39 is 17.8 Å². The molecule has 17 heavy (non-hydrogen) atoms. The summed E-state index contributed by atoms with van der Waals surface area (Å²) in [7, 11) is 0. The minimum atomic E-state index is -0.618. The predicted molar refractivity (Wildman–Crippen MR) is 62.7 cm³/mol. The molecule has 0 bridgehead atoms. The molecule has 0 atom stereocenters. The molecule has 0 aliphatic carbocycles. The molecule has 1 aromatic heterocycles. The van der Waals surface area contributed by atoms with Gasteiger partial charge in [0.1, 0.15) is 5.00 Å². The molecule has 0 fully saturated rings. The van der Waals surface area contributed by atoms with Gasteiger partial charge in [0.05, 0.1) is 5.56 Å². The Morgan fingerprint density at radius 1 is 1.47 bits per heavy atom. The van der Waals surface area contributed by atoms with E-state index in [0.29, 0.717) is 5.00 Å². The molecule has 1 rings (SSSR count). The van der Waals surface area contributed by atoms with Crippen LogP contribution in [-0.2, 0) is 14.3 Å². The van der Waals surface area contributed by atoms with E-state index in [-0.39, 0.29) is 18.6 Å². The van der Waals surface area contributed by atoms with Crippen molar-refractivity contribution < 1.29 is 19.1 Å². The van der Waals surface area contributed by atoms with E-state index in [4.69, 9.17) is 5.73 Å². The fourth-order valence-corrected chi connectivity index (χ4v) is 1.82. The van der Waals surface area contributed by atoms with E-state index in [2.05, 4.69) is 10.1 Å². The van der Waals surface area contributed by atoms with Gasteiger partial charge in [0.2, 0.25) is 0 Å². The monoisotopic (exact) mass is 256 g/mol. The number of primary amides is 1. The summed E-state index contributed by atoms with van der Waals surface area (Å²) in [5.41, 5.74) is 5.35. The Bertz CT molecular complexity index is 441. The van der Waals surface area contributed by atoms with E-state index in [9.17, 15) is 14.4 Å². The van der Waals surface area contributed by atoms with Gasteiger partial charge in [-0.1, -0.05) is 6.92 Å². The van der Waals surface area contributed by atoms with E-state index in [1.54, 1.807) is 12.3 Å². The van der Waals surface area contributed by atoms with Gasteiger partial charge in [0.15, 0.2) is 6.61 Å². The van der Waals surface area contributed by atoms with E-state index >= 15 is 0 Å². The Kier molecular flexibility index (Phi) is 4.65. The summed E-state index contributed by atoms with van der Waals surface area (Å²) in [4.78, 5) is 33.2. The first-order chi connectivity index (χ1) is 8.04. The summed E-state index contributed by atoms with van der Waals surface area (Å²) in [6.07, 6.45) is 0.207. The normalized spacial score (nSPS) is 9.71. The number of thiophene rings is 1. The molecule has 6 nitrogen and oxygen atoms in total. The number of nitrogens with two attached hydrogens (primary N) is 1. The van der Waals surface area contributed by atoms with Crippen molar-refractivity contribution in [2.24, 2.45) is 5.73 Å². The maximum Gasteiger partial charge on any atom is 0.306 e. The summed E-state index contributed by atoms with van der Waals surface area (Å²) in [6, 6.07) is 1.51. The van der Waals surface area contributed by atoms with Gasteiger partial charge in [0.25, 0.3) is 11.8 Å². The lowest BCUT2D eigenvalue weighted by molar-refractivity contribution is -0.146. The highest BCUT2D eigenvalue weighted by atomic mass is 32.1. The number of nitrogens with one attached hydrogen (secondary N) is 1. The number of hydrogen-bond acceptors (Lipinski definition) is 5. The van der Waals surface area contributed by atoms with Gasteiger partial charge in [-0.05, 0) is 11.4 Å². The largest absolute Gasteiger partial charge is 0.456 e. The number of amides is 2. The van der Waals surface area contributed by atoms with Crippen LogP contribution >= 0.6 is 11.3 Å². The lowest BCUT2D eigenvalue weighted by Crippen LogP contribution is -2.22. The van der Waals surface area contributed by atoms with Crippen molar-refractivity contribution in [3.8, 4) is 0 Å². The van der Waals surface area contributed by atoms with Gasteiger partial charge in [-0.15, -0.1) is 11.3 Å². The van der Waals surface area contributed by atoms with Gasteiger partial charge in [-0.3, -0.25) is 14.4 Å². The van der Waals surface area contributed by atoms with Gasteiger partial charge in [-0.25, -0.2) is 0 Å². The highest BCUT2D eigenvalue weighted by Crippen LogP contribution is 2.22. The third kappa shape index (κ3) is 3.87. The first-order valence-electron chi connectivity index (χ1n) is 4.87. The quantitative estimate of drug-likeness (QED) is 0.759. The lowest BCUT2D eigenvalue weighted by Gasteiger charge is -2.05. The Hall–Kier alpha value is -1.89. The van der Waals surface area contributed by atoms with Crippen LogP contribution < -0.4 is 11.1 Å². The lowest BCUT2D eigenvalue weighted by atomic mass is 10.3. The number of rotatable bonds is 5. The fourth-order valence-electron chi connectivity index (χ4n) is 1.01. The van der Waals surface area contributed by atoms with Gasteiger partial charge >= 0.3 is 5.97 Å². The first kappa shape index (κ1) is 13.2. The van der Waals surface area contributed by atoms with Gasteiger partial charge in [-0.2, -0.15) is 0 Å². The third-order valence-corrected chi connectivity index (χ3v) is 2.67. The van der Waals surface area contributed by atoms with Crippen LogP contribution in [0, 0.1) is 0 Å². The van der Waals surface area contributed by atoms with Gasteiger partial charge < -0.3 is 15.8 Å². The maximum atomic E-state index is 11.4. The second kappa shape index (κ2) is 6.00. The zero-order valence-electron chi connectivity index (χ0n) is 9.19. The highest BCUT2D eigenvalue weighted by Gasteiger charge is 2.13. The summed E-state index contributed by atoms with van der Waals surface area (Å²) >= 11 is 1.17. The molecule has 3 N–H and O–H groups in total. The van der Waals surface area contributed by atoms with Crippen molar-refractivity contribution in [2.75, 3.05) is 11.9 Å². The molecule has 0 radical (unpaired) electrons. The van der Waals surface area contributed by atoms with Gasteiger partial charge in [0, 0.05) is 6.42 Å². The second-order valence-corrected chi connectivity index (χ2v) is 4.01. The van der Waals surface area contributed by atoms with E-state index in [0.717, 1.165) is 0 Å². The molecule has 1 heterocycles. The Morgan fingerprint density at radius 3 is 2.76 bits per heavy atom. The van der Waals surface area contributed by atoms with Crippen LogP contribution in [-0.4, -0.2) is 24.4 Å². The average Bonchev–Trinajstić information content (AvgIpc) is 2.74. The number of anilines is 1. The van der Waals surface area contributed by atoms with Crippen molar-refractivity contribution in [1.29, 1.82) is 0 Å². The maximum absolute atomic E-state index is 11.4. The summed E-state index contributed by atoms with van der Waals surface area (Å²) in [6.45, 7) is 1.26. The van der Waals surface area contributed by atoms with E-state index in [1.807, 2.05) is 0 Å². The van der Waals surface area contributed by atoms with Crippen LogP contribution in [0.1, 0.15) is 23.7 Å². The SMILES string of the molecule is CCC(=O)OCC(=O)Nc1sccc1C(N)=O. The molecule has 1 aromatic rings. The predicted octanol–water partition coefficient (Wildman–Crippen LogP) is 0.739. The molecule has 0 aliphatic rings. The second-order valence-electron chi connectivity index (χ2n) is 3.09. The minimum absolute atomic E-state index is 0.207. The molecule has 0 unspecified atom stereocenters. The number of carbonyl (C=O) groups excluding carboxylic acids is 3. The molecule has 7 heteroatoms. The molecule has 0 saturated carbocycles.